The fraction of sp³-hybridized carbons (Fsp3) is 1.00. The van der Waals surface area contributed by atoms with Gasteiger partial charge in [-0.15, -0.1) is 0 Å². The molecule has 0 radical (unpaired) electrons. The van der Waals surface area contributed by atoms with Gasteiger partial charge in [-0.05, 0) is 6.42 Å². The monoisotopic (exact) mass is 409 g/mol. The molecule has 128 valence electrons. The Kier molecular flexibility index (Phi) is 27.9. The van der Waals surface area contributed by atoms with E-state index in [4.69, 9.17) is 9.79 Å². The average Bonchev–Trinajstić information content (AvgIpc) is 2.42. The maximum absolute atomic E-state index is 10.4. The fourth-order valence-electron chi connectivity index (χ4n) is 2.48. The molecule has 23 heavy (non-hydrogen) atoms. The van der Waals surface area contributed by atoms with E-state index in [2.05, 4.69) is 11.4 Å². The molecule has 0 heterocycles. The Balaban J connectivity index is -0.00000200. The molecule has 0 aromatic heterocycles. The van der Waals surface area contributed by atoms with Crippen molar-refractivity contribution in [2.24, 2.45) is 0 Å². The first-order valence-electron chi connectivity index (χ1n) is 8.76. The molecule has 0 aliphatic carbocycles. The van der Waals surface area contributed by atoms with Crippen molar-refractivity contribution in [3.05, 3.63) is 0 Å². The van der Waals surface area contributed by atoms with E-state index in [9.17, 15) is 4.57 Å². The summed E-state index contributed by atoms with van der Waals surface area (Å²) in [5.74, 6) is 0. The third-order valence-corrected chi connectivity index (χ3v) is 4.28. The SMILES string of the molecule is CCCCCCCCCCCCCCCCOP(=O)(O)O.[Na+].[Zn+2]. The van der Waals surface area contributed by atoms with E-state index < -0.39 is 7.82 Å². The molecule has 7 heteroatoms. The summed E-state index contributed by atoms with van der Waals surface area (Å²) < 4.78 is 14.8. The van der Waals surface area contributed by atoms with Crippen LogP contribution >= 0.6 is 7.82 Å². The van der Waals surface area contributed by atoms with Gasteiger partial charge >= 0.3 is 56.9 Å². The molecule has 4 nitrogen and oxygen atoms in total. The van der Waals surface area contributed by atoms with E-state index in [1.54, 1.807) is 0 Å². The maximum atomic E-state index is 10.4. The number of rotatable bonds is 16. The molecular weight excluding hydrogens is 376 g/mol. The van der Waals surface area contributed by atoms with Gasteiger partial charge in [-0.25, -0.2) is 4.57 Å². The van der Waals surface area contributed by atoms with E-state index in [0.717, 1.165) is 19.3 Å². The van der Waals surface area contributed by atoms with Gasteiger partial charge in [0.1, 0.15) is 0 Å². The molecule has 0 saturated heterocycles. The number of phosphoric acid groups is 1. The van der Waals surface area contributed by atoms with Gasteiger partial charge < -0.3 is 9.79 Å². The van der Waals surface area contributed by atoms with Crippen molar-refractivity contribution >= 4 is 7.82 Å². The minimum Gasteiger partial charge on any atom is -0.303 e. The van der Waals surface area contributed by atoms with Crippen LogP contribution in [0.3, 0.4) is 0 Å². The molecular formula is C16H35NaO4PZn+3. The zero-order valence-corrected chi connectivity index (χ0v) is 21.3. The van der Waals surface area contributed by atoms with Gasteiger partial charge in [0, 0.05) is 0 Å². The molecule has 0 aromatic carbocycles. The van der Waals surface area contributed by atoms with Crippen molar-refractivity contribution in [1.82, 2.24) is 0 Å². The quantitative estimate of drug-likeness (QED) is 0.233. The topological polar surface area (TPSA) is 66.8 Å². The van der Waals surface area contributed by atoms with Crippen LogP contribution in [-0.4, -0.2) is 16.4 Å². The number of hydrogen-bond acceptors (Lipinski definition) is 2. The molecule has 0 fully saturated rings. The summed E-state index contributed by atoms with van der Waals surface area (Å²) in [7, 11) is -4.25. The fourth-order valence-corrected chi connectivity index (χ4v) is 2.85. The average molecular weight is 411 g/mol. The Hall–Kier alpha value is 1.73. The molecule has 0 aliphatic heterocycles. The maximum Gasteiger partial charge on any atom is 2.00 e. The predicted octanol–water partition coefficient (Wildman–Crippen LogP) is 2.58. The van der Waals surface area contributed by atoms with E-state index in [0.29, 0.717) is 0 Å². The van der Waals surface area contributed by atoms with E-state index >= 15 is 0 Å². The van der Waals surface area contributed by atoms with Crippen LogP contribution in [-0.2, 0) is 28.6 Å². The van der Waals surface area contributed by atoms with Crippen LogP contribution in [0.25, 0.3) is 0 Å². The molecule has 0 atom stereocenters. The smallest absolute Gasteiger partial charge is 0.303 e. The van der Waals surface area contributed by atoms with Crippen molar-refractivity contribution in [2.45, 2.75) is 96.8 Å². The molecule has 0 spiro atoms. The zero-order chi connectivity index (χ0) is 15.8. The third kappa shape index (κ3) is 28.8. The van der Waals surface area contributed by atoms with Crippen LogP contribution in [0.4, 0.5) is 0 Å². The summed E-state index contributed by atoms with van der Waals surface area (Å²) in [6, 6.07) is 0. The second-order valence-corrected chi connectivity index (χ2v) is 7.16. The van der Waals surface area contributed by atoms with Crippen LogP contribution < -0.4 is 29.6 Å². The van der Waals surface area contributed by atoms with Gasteiger partial charge in [0.25, 0.3) is 0 Å². The van der Waals surface area contributed by atoms with Crippen LogP contribution in [0.5, 0.6) is 0 Å². The second-order valence-electron chi connectivity index (χ2n) is 5.92. The van der Waals surface area contributed by atoms with Crippen LogP contribution in [0.2, 0.25) is 0 Å². The van der Waals surface area contributed by atoms with E-state index in [-0.39, 0.29) is 55.6 Å². The normalized spacial score (nSPS) is 10.9. The Morgan fingerprint density at radius 3 is 1.30 bits per heavy atom. The Bertz CT molecular complexity index is 264. The third-order valence-electron chi connectivity index (χ3n) is 3.76. The minimum absolute atomic E-state index is 0. The van der Waals surface area contributed by atoms with Crippen LogP contribution in [0.15, 0.2) is 0 Å². The van der Waals surface area contributed by atoms with E-state index in [1.165, 1.54) is 70.6 Å². The zero-order valence-electron chi connectivity index (χ0n) is 15.5. The standard InChI is InChI=1S/C16H35O4P.Na.Zn/c1-2-3-4-5-6-7-8-9-10-11-12-13-14-15-16-20-21(17,18)19;;/h2-16H2,1H3,(H2,17,18,19);;/q;+1;+2. The molecule has 0 unspecified atom stereocenters. The van der Waals surface area contributed by atoms with Crippen LogP contribution in [0.1, 0.15) is 96.8 Å². The molecule has 0 aromatic rings. The number of phosphoric ester groups is 1. The molecule has 0 rings (SSSR count). The molecule has 0 amide bonds. The van der Waals surface area contributed by atoms with Crippen molar-refractivity contribution in [3.8, 4) is 0 Å². The molecule has 0 saturated carbocycles. The summed E-state index contributed by atoms with van der Waals surface area (Å²) >= 11 is 0. The van der Waals surface area contributed by atoms with Crippen LogP contribution in [0, 0.1) is 0 Å². The molecule has 0 bridgehead atoms. The second kappa shape index (κ2) is 21.8. The number of unbranched alkanes of at least 4 members (excludes halogenated alkanes) is 13. The first-order chi connectivity index (χ1) is 10.1. The van der Waals surface area contributed by atoms with Crippen molar-refractivity contribution in [2.75, 3.05) is 6.61 Å². The van der Waals surface area contributed by atoms with Crippen molar-refractivity contribution < 1.29 is 67.9 Å². The Labute approximate surface area is 178 Å². The first-order valence-corrected chi connectivity index (χ1v) is 10.3. The summed E-state index contributed by atoms with van der Waals surface area (Å²) in [6.45, 7) is 2.42. The summed E-state index contributed by atoms with van der Waals surface area (Å²) in [6.07, 6.45) is 17.8. The summed E-state index contributed by atoms with van der Waals surface area (Å²) in [5, 5.41) is 0. The predicted molar refractivity (Wildman–Crippen MR) is 88.3 cm³/mol. The van der Waals surface area contributed by atoms with Gasteiger partial charge in [-0.3, -0.25) is 4.52 Å². The van der Waals surface area contributed by atoms with Crippen molar-refractivity contribution in [3.63, 3.8) is 0 Å². The van der Waals surface area contributed by atoms with E-state index in [1.807, 2.05) is 0 Å². The Morgan fingerprint density at radius 2 is 1.00 bits per heavy atom. The molecule has 0 aliphatic rings. The van der Waals surface area contributed by atoms with Gasteiger partial charge in [0.2, 0.25) is 0 Å². The molecule has 2 N–H and O–H groups in total. The largest absolute Gasteiger partial charge is 2.00 e. The van der Waals surface area contributed by atoms with Gasteiger partial charge in [-0.1, -0.05) is 90.4 Å². The Morgan fingerprint density at radius 1 is 0.696 bits per heavy atom. The summed E-state index contributed by atoms with van der Waals surface area (Å²) in [5.41, 5.74) is 0. The first kappa shape index (κ1) is 29.5. The number of hydrogen-bond donors (Lipinski definition) is 2. The van der Waals surface area contributed by atoms with Crippen molar-refractivity contribution in [1.29, 1.82) is 0 Å². The minimum atomic E-state index is -4.25. The van der Waals surface area contributed by atoms with Gasteiger partial charge in [0.15, 0.2) is 0 Å². The van der Waals surface area contributed by atoms with Gasteiger partial charge in [-0.2, -0.15) is 0 Å². The van der Waals surface area contributed by atoms with Gasteiger partial charge in [0.05, 0.1) is 6.61 Å². The summed E-state index contributed by atoms with van der Waals surface area (Å²) in [4.78, 5) is 17.0.